The van der Waals surface area contributed by atoms with Gasteiger partial charge in [0, 0.05) is 17.2 Å². The van der Waals surface area contributed by atoms with Gasteiger partial charge in [0.15, 0.2) is 0 Å². The van der Waals surface area contributed by atoms with Crippen molar-refractivity contribution in [2.45, 2.75) is 162 Å². The molecule has 1 heterocycles. The Balaban J connectivity index is 1.62. The monoisotopic (exact) mass is 609 g/mol. The van der Waals surface area contributed by atoms with E-state index in [9.17, 15) is 5.53 Å². The molecule has 0 unspecified atom stereocenters. The largest absolute Gasteiger partial charge is 0.493 e. The van der Waals surface area contributed by atoms with E-state index in [2.05, 4.69) is 87.5 Å². The summed E-state index contributed by atoms with van der Waals surface area (Å²) in [4.78, 5) is 0. The van der Waals surface area contributed by atoms with Crippen molar-refractivity contribution < 1.29 is 4.70 Å². The third-order valence-corrected chi connectivity index (χ3v) is 9.37. The van der Waals surface area contributed by atoms with Crippen LogP contribution in [-0.2, 0) is 12.8 Å². The zero-order valence-corrected chi connectivity index (χ0v) is 29.3. The van der Waals surface area contributed by atoms with E-state index < -0.39 is 0 Å². The van der Waals surface area contributed by atoms with E-state index in [0.29, 0.717) is 0 Å². The predicted octanol–water partition coefficient (Wildman–Crippen LogP) is 14.0. The molecular weight excluding hydrogens is 544 g/mol. The van der Waals surface area contributed by atoms with Crippen molar-refractivity contribution in [2.75, 3.05) is 0 Å². The third kappa shape index (κ3) is 13.6. The second kappa shape index (κ2) is 22.7. The van der Waals surface area contributed by atoms with E-state index in [0.717, 1.165) is 47.4 Å². The molecule has 0 amide bonds. The van der Waals surface area contributed by atoms with Gasteiger partial charge in [0.05, 0.1) is 5.57 Å². The normalized spacial score (nSPS) is 13.4. The smallest absolute Gasteiger partial charge is 0.214 e. The van der Waals surface area contributed by atoms with Gasteiger partial charge in [-0.15, -0.1) is 0 Å². The number of benzene rings is 2. The Morgan fingerprint density at radius 3 is 1.73 bits per heavy atom. The molecule has 0 aromatic heterocycles. The van der Waals surface area contributed by atoms with Crippen LogP contribution in [0, 0.1) is 0 Å². The maximum absolute atomic E-state index is 11.6. The molecule has 2 aromatic carbocycles. The Morgan fingerprint density at radius 1 is 0.556 bits per heavy atom. The average molecular weight is 609 g/mol. The van der Waals surface area contributed by atoms with Crippen LogP contribution in [0.1, 0.15) is 171 Å². The number of nitrogens with zero attached hydrogens (tertiary/aromatic N) is 2. The van der Waals surface area contributed by atoms with Crippen molar-refractivity contribution in [3.8, 4) is 0 Å². The Bertz CT molecular complexity index is 1200. The molecule has 1 aliphatic rings. The minimum Gasteiger partial charge on any atom is -0.493 e. The summed E-state index contributed by atoms with van der Waals surface area (Å²) in [6.07, 6.45) is 35.4. The fourth-order valence-electron chi connectivity index (χ4n) is 6.48. The maximum atomic E-state index is 11.6. The molecule has 0 saturated carbocycles. The van der Waals surface area contributed by atoms with Gasteiger partial charge in [0.25, 0.3) is 0 Å². The van der Waals surface area contributed by atoms with Gasteiger partial charge in [-0.2, -0.15) is 0 Å². The highest BCUT2D eigenvalue weighted by Gasteiger charge is 2.28. The van der Waals surface area contributed by atoms with Crippen LogP contribution in [0.15, 0.2) is 72.3 Å². The summed E-state index contributed by atoms with van der Waals surface area (Å²) < 4.78 is 1.44. The average Bonchev–Trinajstić information content (AvgIpc) is 3.39. The molecule has 1 aliphatic heterocycles. The van der Waals surface area contributed by atoms with Crippen LogP contribution in [0.2, 0.25) is 0 Å². The zero-order valence-electron chi connectivity index (χ0n) is 29.3. The molecule has 0 aliphatic carbocycles. The van der Waals surface area contributed by atoms with Gasteiger partial charge >= 0.3 is 0 Å². The summed E-state index contributed by atoms with van der Waals surface area (Å²) in [6.45, 7) is 6.81. The lowest BCUT2D eigenvalue weighted by Gasteiger charge is -2.11. The highest BCUT2D eigenvalue weighted by molar-refractivity contribution is 5.80. The lowest BCUT2D eigenvalue weighted by atomic mass is 10.0. The topological polar surface area (TPSA) is 25.3 Å². The zero-order chi connectivity index (χ0) is 32.0. The Kier molecular flexibility index (Phi) is 18.5. The summed E-state index contributed by atoms with van der Waals surface area (Å²) in [5.74, 6) is 0. The van der Waals surface area contributed by atoms with Crippen molar-refractivity contribution in [3.63, 3.8) is 0 Å². The van der Waals surface area contributed by atoms with Crippen LogP contribution in [-0.4, -0.2) is 4.70 Å². The maximum Gasteiger partial charge on any atom is 0.214 e. The summed E-state index contributed by atoms with van der Waals surface area (Å²) in [5, 5.41) is 0. The van der Waals surface area contributed by atoms with E-state index in [1.165, 1.54) is 138 Å². The number of unbranched alkanes of at least 4 members (excludes halogenated alkanes) is 17. The highest BCUT2D eigenvalue weighted by atomic mass is 15.2. The Morgan fingerprint density at radius 2 is 1.11 bits per heavy atom. The molecular formula is C43H64N2. The second-order valence-corrected chi connectivity index (χ2v) is 13.4. The van der Waals surface area contributed by atoms with E-state index in [4.69, 9.17) is 0 Å². The standard InChI is InChI=1S/C43H64N2/c1-4-7-10-12-14-15-16-17-18-19-20-22-24-29-41-36-42(39-33-31-37(32-34-39)26-9-6-3)45(44)43(41)40-30-25-28-38(35-40)27-23-21-13-11-8-5-2/h24-25,28-36H,4-23,26-27H2,1-3H3. The molecule has 0 spiro atoms. The predicted molar refractivity (Wildman–Crippen MR) is 197 cm³/mol. The van der Waals surface area contributed by atoms with E-state index in [1.807, 2.05) is 0 Å². The highest BCUT2D eigenvalue weighted by Crippen LogP contribution is 2.36. The SMILES string of the molecule is CCCCCCCCCCCCCC=CC1=C(c2cccc(CCCCCCCC)c2)[N+](=[N-])C(c2ccc(CCCC)cc2)=C1. The van der Waals surface area contributed by atoms with Crippen molar-refractivity contribution in [1.82, 2.24) is 0 Å². The first-order chi connectivity index (χ1) is 22.2. The molecule has 0 saturated heterocycles. The van der Waals surface area contributed by atoms with E-state index in [-0.39, 0.29) is 0 Å². The molecule has 2 nitrogen and oxygen atoms in total. The van der Waals surface area contributed by atoms with Gasteiger partial charge in [0.2, 0.25) is 11.4 Å². The molecule has 2 heteroatoms. The molecule has 0 radical (unpaired) electrons. The van der Waals surface area contributed by atoms with Crippen LogP contribution < -0.4 is 0 Å². The second-order valence-electron chi connectivity index (χ2n) is 13.4. The van der Waals surface area contributed by atoms with Crippen LogP contribution >= 0.6 is 0 Å². The molecule has 246 valence electrons. The number of rotatable bonds is 25. The lowest BCUT2D eigenvalue weighted by molar-refractivity contribution is -0.344. The van der Waals surface area contributed by atoms with Gasteiger partial charge in [-0.1, -0.05) is 160 Å². The quantitative estimate of drug-likeness (QED) is 0.0791. The van der Waals surface area contributed by atoms with Crippen molar-refractivity contribution in [1.29, 1.82) is 0 Å². The fraction of sp³-hybridized carbons (Fsp3) is 0.581. The van der Waals surface area contributed by atoms with E-state index in [1.54, 1.807) is 0 Å². The van der Waals surface area contributed by atoms with Crippen LogP contribution in [0.25, 0.3) is 16.9 Å². The first-order valence-electron chi connectivity index (χ1n) is 19.0. The molecule has 0 fully saturated rings. The fourth-order valence-corrected chi connectivity index (χ4v) is 6.48. The summed E-state index contributed by atoms with van der Waals surface area (Å²) in [7, 11) is 0. The summed E-state index contributed by atoms with van der Waals surface area (Å²) in [5.41, 5.74) is 19.4. The minimum absolute atomic E-state index is 0.864. The van der Waals surface area contributed by atoms with Gasteiger partial charge in [-0.25, -0.2) is 4.70 Å². The number of allylic oxidation sites excluding steroid dienone is 4. The Labute approximate surface area is 277 Å². The molecule has 45 heavy (non-hydrogen) atoms. The number of aryl methyl sites for hydroxylation is 2. The Hall–Kier alpha value is -2.74. The number of hydrogen-bond acceptors (Lipinski definition) is 0. The van der Waals surface area contributed by atoms with Crippen LogP contribution in [0.5, 0.6) is 0 Å². The summed E-state index contributed by atoms with van der Waals surface area (Å²) >= 11 is 0. The van der Waals surface area contributed by atoms with Crippen molar-refractivity contribution in [2.24, 2.45) is 0 Å². The van der Waals surface area contributed by atoms with Crippen molar-refractivity contribution in [3.05, 3.63) is 100 Å². The van der Waals surface area contributed by atoms with Gasteiger partial charge < -0.3 is 5.53 Å². The molecule has 2 aromatic rings. The minimum atomic E-state index is 0.864. The molecule has 3 rings (SSSR count). The van der Waals surface area contributed by atoms with Gasteiger partial charge in [-0.3, -0.25) is 0 Å². The van der Waals surface area contributed by atoms with Crippen LogP contribution in [0.3, 0.4) is 0 Å². The lowest BCUT2D eigenvalue weighted by Crippen LogP contribution is -2.03. The first-order valence-corrected chi connectivity index (χ1v) is 19.0. The first kappa shape index (κ1) is 36.7. The molecule has 0 bridgehead atoms. The van der Waals surface area contributed by atoms with Gasteiger partial charge in [0.1, 0.15) is 0 Å². The summed E-state index contributed by atoms with van der Waals surface area (Å²) in [6, 6.07) is 17.7. The van der Waals surface area contributed by atoms with Crippen LogP contribution in [0.4, 0.5) is 0 Å². The van der Waals surface area contributed by atoms with Crippen molar-refractivity contribution >= 4 is 11.4 Å². The molecule has 0 N–H and O–H groups in total. The third-order valence-electron chi connectivity index (χ3n) is 9.37. The number of hydrogen-bond donors (Lipinski definition) is 0. The molecule has 0 atom stereocenters. The van der Waals surface area contributed by atoms with Gasteiger partial charge in [-0.05, 0) is 73.9 Å². The van der Waals surface area contributed by atoms with E-state index >= 15 is 0 Å².